The van der Waals surface area contributed by atoms with Gasteiger partial charge in [0.15, 0.2) is 0 Å². The molecule has 0 bridgehead atoms. The normalized spacial score (nSPS) is 21.9. The number of aromatic nitrogens is 3. The van der Waals surface area contributed by atoms with Crippen LogP contribution in [0.1, 0.15) is 57.4 Å². The van der Waals surface area contributed by atoms with E-state index in [1.54, 1.807) is 0 Å². The van der Waals surface area contributed by atoms with Gasteiger partial charge >= 0.3 is 0 Å². The molecular weight excluding hydrogens is 348 g/mol. The highest BCUT2D eigenvalue weighted by atomic mass is 16.5. The van der Waals surface area contributed by atoms with E-state index in [2.05, 4.69) is 71.1 Å². The van der Waals surface area contributed by atoms with E-state index in [1.165, 1.54) is 22.2 Å². The Balaban J connectivity index is 1.40. The van der Waals surface area contributed by atoms with Crippen LogP contribution in [0.5, 0.6) is 0 Å². The topological polar surface area (TPSA) is 54.9 Å². The third-order valence-corrected chi connectivity index (χ3v) is 6.12. The van der Waals surface area contributed by atoms with Crippen molar-refractivity contribution in [2.45, 2.75) is 63.6 Å². The van der Waals surface area contributed by atoms with E-state index >= 15 is 0 Å². The lowest BCUT2D eigenvalue weighted by molar-refractivity contribution is -0.00577. The lowest BCUT2D eigenvalue weighted by atomic mass is 9.79. The van der Waals surface area contributed by atoms with E-state index in [0.717, 1.165) is 25.9 Å². The van der Waals surface area contributed by atoms with Gasteiger partial charge in [0.25, 0.3) is 0 Å². The molecule has 1 fully saturated rings. The highest BCUT2D eigenvalue weighted by Gasteiger charge is 2.30. The maximum Gasteiger partial charge on any atom is 0.100 e. The number of nitrogens with one attached hydrogen (secondary N) is 2. The van der Waals surface area contributed by atoms with Gasteiger partial charge < -0.3 is 19.6 Å². The van der Waals surface area contributed by atoms with Crippen molar-refractivity contribution in [2.75, 3.05) is 6.61 Å². The van der Waals surface area contributed by atoms with E-state index in [4.69, 9.17) is 4.74 Å². The van der Waals surface area contributed by atoms with Crippen molar-refractivity contribution in [1.29, 1.82) is 0 Å². The second-order valence-corrected chi connectivity index (χ2v) is 8.91. The summed E-state index contributed by atoms with van der Waals surface area (Å²) in [6, 6.07) is 9.48. The molecule has 28 heavy (non-hydrogen) atoms. The lowest BCUT2D eigenvalue weighted by Crippen LogP contribution is -2.43. The minimum atomic E-state index is 0.0959. The average Bonchev–Trinajstić information content (AvgIpc) is 3.27. The van der Waals surface area contributed by atoms with Crippen LogP contribution in [0.15, 0.2) is 43.0 Å². The number of hydrogen-bond acceptors (Lipinski definition) is 3. The number of benzene rings is 1. The second-order valence-electron chi connectivity index (χ2n) is 8.91. The maximum absolute atomic E-state index is 6.02. The van der Waals surface area contributed by atoms with Crippen LogP contribution in [-0.4, -0.2) is 33.2 Å². The second kappa shape index (κ2) is 7.72. The molecule has 3 unspecified atom stereocenters. The summed E-state index contributed by atoms with van der Waals surface area (Å²) in [5, 5.41) is 5.21. The number of aromatic amines is 1. The van der Waals surface area contributed by atoms with E-state index < -0.39 is 0 Å². The molecule has 3 aromatic rings. The molecule has 0 radical (unpaired) electrons. The number of imidazole rings is 1. The number of rotatable bonds is 6. The van der Waals surface area contributed by atoms with Crippen LogP contribution in [0, 0.1) is 0 Å². The Morgan fingerprint density at radius 3 is 2.96 bits per heavy atom. The molecule has 1 aliphatic heterocycles. The molecule has 2 aromatic heterocycles. The van der Waals surface area contributed by atoms with Crippen molar-refractivity contribution in [3.05, 3.63) is 54.2 Å². The molecule has 5 heteroatoms. The first-order valence-corrected chi connectivity index (χ1v) is 10.3. The van der Waals surface area contributed by atoms with E-state index in [-0.39, 0.29) is 11.5 Å². The number of aryl methyl sites for hydroxylation is 1. The van der Waals surface area contributed by atoms with Crippen LogP contribution in [0.4, 0.5) is 0 Å². The summed E-state index contributed by atoms with van der Waals surface area (Å²) in [5.74, 6) is 0. The molecule has 3 heterocycles. The minimum Gasteiger partial charge on any atom is -0.372 e. The standard InChI is InChI=1S/C23H32N4O/c1-16(12-23(2,3)19-13-25-20-8-6-5-7-18(19)20)26-17-9-10-28-22(11-17)21-14-24-15-27(21)4/h5-8,13-17,22,25-26H,9-12H2,1-4H3. The zero-order chi connectivity index (χ0) is 19.7. The summed E-state index contributed by atoms with van der Waals surface area (Å²) in [6.45, 7) is 7.81. The van der Waals surface area contributed by atoms with Crippen LogP contribution in [0.25, 0.3) is 10.9 Å². The maximum atomic E-state index is 6.02. The monoisotopic (exact) mass is 380 g/mol. The van der Waals surface area contributed by atoms with E-state index in [9.17, 15) is 0 Å². The molecular formula is C23H32N4O. The summed E-state index contributed by atoms with van der Waals surface area (Å²) < 4.78 is 8.08. The van der Waals surface area contributed by atoms with Gasteiger partial charge in [-0.05, 0) is 43.2 Å². The van der Waals surface area contributed by atoms with E-state index in [1.807, 2.05) is 19.6 Å². The molecule has 1 saturated heterocycles. The van der Waals surface area contributed by atoms with Crippen molar-refractivity contribution in [3.63, 3.8) is 0 Å². The van der Waals surface area contributed by atoms with Gasteiger partial charge in [-0.25, -0.2) is 4.98 Å². The molecule has 0 saturated carbocycles. The van der Waals surface area contributed by atoms with Crippen molar-refractivity contribution in [2.24, 2.45) is 7.05 Å². The van der Waals surface area contributed by atoms with Gasteiger partial charge in [-0.1, -0.05) is 32.0 Å². The zero-order valence-corrected chi connectivity index (χ0v) is 17.4. The predicted octanol–water partition coefficient (Wildman–Crippen LogP) is 4.47. The Kier molecular flexibility index (Phi) is 5.30. The third-order valence-electron chi connectivity index (χ3n) is 6.12. The molecule has 3 atom stereocenters. The molecule has 0 amide bonds. The summed E-state index contributed by atoms with van der Waals surface area (Å²) >= 11 is 0. The number of para-hydroxylation sites is 1. The van der Waals surface area contributed by atoms with Gasteiger partial charge in [-0.3, -0.25) is 0 Å². The Morgan fingerprint density at radius 2 is 2.18 bits per heavy atom. The first kappa shape index (κ1) is 19.2. The lowest BCUT2D eigenvalue weighted by Gasteiger charge is -2.35. The zero-order valence-electron chi connectivity index (χ0n) is 17.4. The molecule has 0 aliphatic carbocycles. The molecule has 5 nitrogen and oxygen atoms in total. The first-order chi connectivity index (χ1) is 13.4. The van der Waals surface area contributed by atoms with Crippen molar-refractivity contribution < 1.29 is 4.74 Å². The first-order valence-electron chi connectivity index (χ1n) is 10.3. The number of nitrogens with zero attached hydrogens (tertiary/aromatic N) is 2. The Morgan fingerprint density at radius 1 is 1.36 bits per heavy atom. The average molecular weight is 381 g/mol. The van der Waals surface area contributed by atoms with Gasteiger partial charge in [0.1, 0.15) is 6.10 Å². The summed E-state index contributed by atoms with van der Waals surface area (Å²) in [6.07, 6.45) is 9.24. The largest absolute Gasteiger partial charge is 0.372 e. The van der Waals surface area contributed by atoms with Gasteiger partial charge in [-0.2, -0.15) is 0 Å². The van der Waals surface area contributed by atoms with Crippen LogP contribution in [-0.2, 0) is 17.2 Å². The molecule has 4 rings (SSSR count). The molecule has 150 valence electrons. The van der Waals surface area contributed by atoms with Crippen LogP contribution in [0.2, 0.25) is 0 Å². The van der Waals surface area contributed by atoms with Crippen LogP contribution >= 0.6 is 0 Å². The van der Waals surface area contributed by atoms with Crippen molar-refractivity contribution >= 4 is 10.9 Å². The van der Waals surface area contributed by atoms with Gasteiger partial charge in [-0.15, -0.1) is 0 Å². The fraction of sp³-hybridized carbons (Fsp3) is 0.522. The summed E-state index contributed by atoms with van der Waals surface area (Å²) in [4.78, 5) is 7.67. The Bertz CT molecular complexity index is 925. The quantitative estimate of drug-likeness (QED) is 0.663. The van der Waals surface area contributed by atoms with Crippen LogP contribution in [0.3, 0.4) is 0 Å². The Hall–Kier alpha value is -2.11. The fourth-order valence-corrected chi connectivity index (χ4v) is 4.80. The van der Waals surface area contributed by atoms with Crippen molar-refractivity contribution in [3.8, 4) is 0 Å². The minimum absolute atomic E-state index is 0.0959. The number of fused-ring (bicyclic) bond motifs is 1. The molecule has 1 aromatic carbocycles. The highest BCUT2D eigenvalue weighted by Crippen LogP contribution is 2.34. The molecule has 2 N–H and O–H groups in total. The SMILES string of the molecule is CC(CC(C)(C)c1c[nH]c2ccccc12)NC1CCOC(c2cncn2C)C1. The molecule has 0 spiro atoms. The molecule has 1 aliphatic rings. The van der Waals surface area contributed by atoms with Gasteiger partial charge in [0.05, 0.1) is 18.2 Å². The Labute approximate surface area is 167 Å². The smallest absolute Gasteiger partial charge is 0.100 e. The highest BCUT2D eigenvalue weighted by molar-refractivity contribution is 5.84. The number of H-pyrrole nitrogens is 1. The van der Waals surface area contributed by atoms with Gasteiger partial charge in [0, 0.05) is 42.8 Å². The van der Waals surface area contributed by atoms with Crippen LogP contribution < -0.4 is 5.32 Å². The van der Waals surface area contributed by atoms with Crippen molar-refractivity contribution in [1.82, 2.24) is 19.9 Å². The summed E-state index contributed by atoms with van der Waals surface area (Å²) in [7, 11) is 2.04. The summed E-state index contributed by atoms with van der Waals surface area (Å²) in [5.41, 5.74) is 3.88. The van der Waals surface area contributed by atoms with E-state index in [0.29, 0.717) is 12.1 Å². The van der Waals surface area contributed by atoms with Gasteiger partial charge in [0.2, 0.25) is 0 Å². The number of ether oxygens (including phenoxy) is 1. The predicted molar refractivity (Wildman–Crippen MR) is 113 cm³/mol. The fourth-order valence-electron chi connectivity index (χ4n) is 4.80. The third kappa shape index (κ3) is 3.87. The number of hydrogen-bond donors (Lipinski definition) is 2.